The molecule has 0 aliphatic carbocycles. The molecule has 0 heterocycles. The van der Waals surface area contributed by atoms with Crippen LogP contribution in [0.5, 0.6) is 0 Å². The van der Waals surface area contributed by atoms with Crippen LogP contribution in [-0.4, -0.2) is 0 Å². The highest BCUT2D eigenvalue weighted by atomic mass is 79.9. The molecular formula is C14H8Br2F4S. The molecule has 0 aliphatic heterocycles. The summed E-state index contributed by atoms with van der Waals surface area (Å²) in [5.41, 5.74) is -0.248. The average molecular weight is 444 g/mol. The van der Waals surface area contributed by atoms with E-state index in [-0.39, 0.29) is 20.1 Å². The minimum absolute atomic E-state index is 0.124. The number of hydrogen-bond acceptors (Lipinski definition) is 1. The smallest absolute Gasteiger partial charge is 0.205 e. The zero-order valence-electron chi connectivity index (χ0n) is 10.3. The molecule has 2 aromatic carbocycles. The molecule has 112 valence electrons. The lowest BCUT2D eigenvalue weighted by Gasteiger charge is -2.12. The van der Waals surface area contributed by atoms with E-state index in [2.05, 4.69) is 31.9 Å². The van der Waals surface area contributed by atoms with Crippen molar-refractivity contribution in [2.24, 2.45) is 0 Å². The predicted molar refractivity (Wildman–Crippen MR) is 82.3 cm³/mol. The molecule has 0 aliphatic rings. The molecule has 0 saturated heterocycles. The van der Waals surface area contributed by atoms with E-state index in [4.69, 9.17) is 0 Å². The van der Waals surface area contributed by atoms with Crippen LogP contribution in [0, 0.1) is 0 Å². The van der Waals surface area contributed by atoms with Crippen molar-refractivity contribution >= 4 is 43.6 Å². The second kappa shape index (κ2) is 7.15. The van der Waals surface area contributed by atoms with Crippen molar-refractivity contribution in [1.29, 1.82) is 0 Å². The molecular weight excluding hydrogens is 436 g/mol. The molecule has 0 amide bonds. The molecule has 0 unspecified atom stereocenters. The summed E-state index contributed by atoms with van der Waals surface area (Å²) in [5, 5.41) is 0. The van der Waals surface area contributed by atoms with Gasteiger partial charge in [0, 0.05) is 29.9 Å². The minimum Gasteiger partial charge on any atom is -0.205 e. The van der Waals surface area contributed by atoms with Gasteiger partial charge in [-0.3, -0.25) is 0 Å². The van der Waals surface area contributed by atoms with Crippen molar-refractivity contribution in [2.45, 2.75) is 22.6 Å². The zero-order chi connectivity index (χ0) is 15.6. The Bertz CT molecular complexity index is 591. The summed E-state index contributed by atoms with van der Waals surface area (Å²) in [6.45, 7) is 0. The molecule has 0 spiro atoms. The van der Waals surface area contributed by atoms with Crippen LogP contribution in [0.15, 0.2) is 55.1 Å². The molecule has 2 rings (SSSR count). The molecule has 0 nitrogen and oxygen atoms in total. The number of alkyl halides is 4. The van der Waals surface area contributed by atoms with Crippen LogP contribution < -0.4 is 0 Å². The third kappa shape index (κ3) is 3.81. The molecule has 21 heavy (non-hydrogen) atoms. The summed E-state index contributed by atoms with van der Waals surface area (Å²) in [5.74, 6) is 0. The predicted octanol–water partition coefficient (Wildman–Crippen LogP) is 7.24. The van der Waals surface area contributed by atoms with E-state index in [1.165, 1.54) is 24.3 Å². The Balaban J connectivity index is 2.40. The quantitative estimate of drug-likeness (QED) is 0.449. The van der Waals surface area contributed by atoms with Gasteiger partial charge < -0.3 is 0 Å². The zero-order valence-corrected chi connectivity index (χ0v) is 14.3. The Morgan fingerprint density at radius 3 is 1.43 bits per heavy atom. The van der Waals surface area contributed by atoms with Crippen molar-refractivity contribution in [3.8, 4) is 0 Å². The van der Waals surface area contributed by atoms with Crippen LogP contribution in [0.2, 0.25) is 0 Å². The monoisotopic (exact) mass is 442 g/mol. The molecule has 7 heteroatoms. The van der Waals surface area contributed by atoms with E-state index in [0.29, 0.717) is 9.79 Å². The SMILES string of the molecule is FC(F)c1cccc(Sc2cccc(C(F)F)c2Br)c1Br. The lowest BCUT2D eigenvalue weighted by atomic mass is 10.2. The van der Waals surface area contributed by atoms with E-state index in [1.54, 1.807) is 12.1 Å². The molecule has 0 radical (unpaired) electrons. The lowest BCUT2D eigenvalue weighted by molar-refractivity contribution is 0.150. The summed E-state index contributed by atoms with van der Waals surface area (Å²) in [7, 11) is 0. The van der Waals surface area contributed by atoms with Gasteiger partial charge in [0.1, 0.15) is 0 Å². The Morgan fingerprint density at radius 2 is 1.10 bits per heavy atom. The Kier molecular flexibility index (Phi) is 5.73. The molecule has 0 fully saturated rings. The third-order valence-corrected chi connectivity index (χ3v) is 6.09. The standard InChI is InChI=1S/C14H8Br2F4S/c15-11-7(13(17)18)3-1-5-9(11)21-10-6-2-4-8(12(10)16)14(19)20/h1-6,13-14H. The maximum absolute atomic E-state index is 12.8. The molecule has 2 aromatic rings. The fraction of sp³-hybridized carbons (Fsp3) is 0.143. The second-order valence-corrected chi connectivity index (χ2v) is 6.69. The largest absolute Gasteiger partial charge is 0.264 e. The van der Waals surface area contributed by atoms with Gasteiger partial charge in [0.25, 0.3) is 12.9 Å². The van der Waals surface area contributed by atoms with Crippen LogP contribution in [0.25, 0.3) is 0 Å². The van der Waals surface area contributed by atoms with Gasteiger partial charge in [0.2, 0.25) is 0 Å². The third-order valence-electron chi connectivity index (χ3n) is 2.68. The van der Waals surface area contributed by atoms with Crippen LogP contribution in [0.1, 0.15) is 24.0 Å². The average Bonchev–Trinajstić information content (AvgIpc) is 2.42. The van der Waals surface area contributed by atoms with Gasteiger partial charge in [-0.15, -0.1) is 0 Å². The molecule has 0 aromatic heterocycles. The summed E-state index contributed by atoms with van der Waals surface area (Å²) in [4.78, 5) is 1.08. The summed E-state index contributed by atoms with van der Waals surface area (Å²) >= 11 is 7.44. The first kappa shape index (κ1) is 16.8. The normalized spacial score (nSPS) is 11.4. The first-order valence-corrected chi connectivity index (χ1v) is 8.13. The van der Waals surface area contributed by atoms with Crippen molar-refractivity contribution in [1.82, 2.24) is 0 Å². The van der Waals surface area contributed by atoms with E-state index in [0.717, 1.165) is 11.8 Å². The maximum atomic E-state index is 12.8. The molecule has 0 atom stereocenters. The fourth-order valence-corrected chi connectivity index (χ4v) is 3.97. The van der Waals surface area contributed by atoms with E-state index < -0.39 is 12.9 Å². The number of benzene rings is 2. The first-order valence-electron chi connectivity index (χ1n) is 5.72. The fourth-order valence-electron chi connectivity index (χ4n) is 1.67. The van der Waals surface area contributed by atoms with Gasteiger partial charge >= 0.3 is 0 Å². The van der Waals surface area contributed by atoms with Gasteiger partial charge in [0.05, 0.1) is 0 Å². The van der Waals surface area contributed by atoms with Crippen molar-refractivity contribution in [2.75, 3.05) is 0 Å². The van der Waals surface area contributed by atoms with Gasteiger partial charge in [-0.2, -0.15) is 0 Å². The number of rotatable bonds is 4. The van der Waals surface area contributed by atoms with Gasteiger partial charge in [-0.05, 0) is 44.0 Å². The Hall–Kier alpha value is -0.530. The summed E-state index contributed by atoms with van der Waals surface area (Å²) in [6, 6.07) is 8.98. The Labute approximate surface area is 140 Å². The van der Waals surface area contributed by atoms with Crippen molar-refractivity contribution < 1.29 is 17.6 Å². The molecule has 0 N–H and O–H groups in total. The van der Waals surface area contributed by atoms with Crippen molar-refractivity contribution in [3.63, 3.8) is 0 Å². The highest BCUT2D eigenvalue weighted by Gasteiger charge is 2.18. The lowest BCUT2D eigenvalue weighted by Crippen LogP contribution is -1.90. The maximum Gasteiger partial charge on any atom is 0.264 e. The summed E-state index contributed by atoms with van der Waals surface area (Å²) < 4.78 is 51.9. The Morgan fingerprint density at radius 1 is 0.714 bits per heavy atom. The van der Waals surface area contributed by atoms with E-state index in [1.807, 2.05) is 0 Å². The summed E-state index contributed by atoms with van der Waals surface area (Å²) in [6.07, 6.45) is -5.20. The highest BCUT2D eigenvalue weighted by molar-refractivity contribution is 9.11. The topological polar surface area (TPSA) is 0 Å². The van der Waals surface area contributed by atoms with E-state index >= 15 is 0 Å². The minimum atomic E-state index is -2.60. The number of halogens is 6. The van der Waals surface area contributed by atoms with Gasteiger partial charge in [-0.1, -0.05) is 36.0 Å². The van der Waals surface area contributed by atoms with E-state index in [9.17, 15) is 17.6 Å². The molecule has 0 bridgehead atoms. The van der Waals surface area contributed by atoms with Crippen LogP contribution in [0.3, 0.4) is 0 Å². The highest BCUT2D eigenvalue weighted by Crippen LogP contribution is 2.42. The van der Waals surface area contributed by atoms with Crippen LogP contribution >= 0.6 is 43.6 Å². The number of hydrogen-bond donors (Lipinski definition) is 0. The van der Waals surface area contributed by atoms with Crippen molar-refractivity contribution in [3.05, 3.63) is 56.5 Å². The van der Waals surface area contributed by atoms with Crippen LogP contribution in [0.4, 0.5) is 17.6 Å². The van der Waals surface area contributed by atoms with Gasteiger partial charge in [0.15, 0.2) is 0 Å². The first-order chi connectivity index (χ1) is 9.91. The van der Waals surface area contributed by atoms with Gasteiger partial charge in [-0.25, -0.2) is 17.6 Å². The van der Waals surface area contributed by atoms with Crippen LogP contribution in [-0.2, 0) is 0 Å². The second-order valence-electron chi connectivity index (χ2n) is 4.02. The molecule has 0 saturated carbocycles.